The fourth-order valence-corrected chi connectivity index (χ4v) is 3.80. The molecule has 0 saturated carbocycles. The quantitative estimate of drug-likeness (QED) is 0.846. The number of hydrogen-bond acceptors (Lipinski definition) is 3. The Bertz CT molecular complexity index is 259. The van der Waals surface area contributed by atoms with E-state index in [0.717, 1.165) is 30.3 Å². The first-order valence-electron chi connectivity index (χ1n) is 8.26. The fraction of sp³-hybridized carbons (Fsp3) is 1.00. The first-order chi connectivity index (χ1) is 9.10. The topological polar surface area (TPSA) is 32.5 Å². The van der Waals surface area contributed by atoms with E-state index in [1.54, 1.807) is 0 Å². The van der Waals surface area contributed by atoms with Crippen molar-refractivity contribution in [2.24, 2.45) is 23.5 Å². The molecule has 19 heavy (non-hydrogen) atoms. The molecule has 112 valence electrons. The molecule has 2 fully saturated rings. The predicted molar refractivity (Wildman–Crippen MR) is 82.2 cm³/mol. The van der Waals surface area contributed by atoms with Crippen LogP contribution >= 0.6 is 0 Å². The van der Waals surface area contributed by atoms with Crippen molar-refractivity contribution in [3.05, 3.63) is 0 Å². The van der Waals surface area contributed by atoms with Gasteiger partial charge in [0, 0.05) is 19.1 Å². The third-order valence-electron chi connectivity index (χ3n) is 5.15. The van der Waals surface area contributed by atoms with Crippen LogP contribution in [0.4, 0.5) is 0 Å². The molecule has 0 aromatic heterocycles. The highest BCUT2D eigenvalue weighted by atomic mass is 15.2. The molecule has 2 unspecified atom stereocenters. The van der Waals surface area contributed by atoms with Crippen LogP contribution in [-0.2, 0) is 0 Å². The Kier molecular flexibility index (Phi) is 5.67. The summed E-state index contributed by atoms with van der Waals surface area (Å²) in [7, 11) is 0. The molecular formula is C16H33N3. The van der Waals surface area contributed by atoms with E-state index in [-0.39, 0.29) is 0 Å². The van der Waals surface area contributed by atoms with Gasteiger partial charge in [0.1, 0.15) is 0 Å². The number of nitrogens with zero attached hydrogens (tertiary/aromatic N) is 2. The SMILES string of the molecule is CC(C)CN1CCC(N2CCC(C)C(CN)C2)CC1. The summed E-state index contributed by atoms with van der Waals surface area (Å²) in [6.07, 6.45) is 4.06. The molecule has 0 aromatic rings. The van der Waals surface area contributed by atoms with Gasteiger partial charge in [0.2, 0.25) is 0 Å². The van der Waals surface area contributed by atoms with Gasteiger partial charge in [-0.1, -0.05) is 20.8 Å². The van der Waals surface area contributed by atoms with Crippen LogP contribution in [-0.4, -0.2) is 55.1 Å². The molecule has 3 nitrogen and oxygen atoms in total. The lowest BCUT2D eigenvalue weighted by atomic mass is 9.85. The van der Waals surface area contributed by atoms with Crippen molar-refractivity contribution >= 4 is 0 Å². The van der Waals surface area contributed by atoms with Crippen LogP contribution in [0.5, 0.6) is 0 Å². The standard InChI is InChI=1S/C16H33N3/c1-13(2)11-18-7-5-16(6-8-18)19-9-4-14(3)15(10-17)12-19/h13-16H,4-12,17H2,1-3H3. The van der Waals surface area contributed by atoms with E-state index >= 15 is 0 Å². The van der Waals surface area contributed by atoms with E-state index in [9.17, 15) is 0 Å². The molecule has 2 N–H and O–H groups in total. The van der Waals surface area contributed by atoms with Gasteiger partial charge in [-0.25, -0.2) is 0 Å². The Morgan fingerprint density at radius 3 is 2.37 bits per heavy atom. The molecule has 0 radical (unpaired) electrons. The summed E-state index contributed by atoms with van der Waals surface area (Å²) in [6.45, 7) is 14.3. The number of hydrogen-bond donors (Lipinski definition) is 1. The maximum Gasteiger partial charge on any atom is 0.0120 e. The second-order valence-electron chi connectivity index (χ2n) is 7.18. The van der Waals surface area contributed by atoms with Gasteiger partial charge in [-0.15, -0.1) is 0 Å². The average Bonchev–Trinajstić information content (AvgIpc) is 2.40. The first kappa shape index (κ1) is 15.3. The Balaban J connectivity index is 1.78. The van der Waals surface area contributed by atoms with Crippen LogP contribution in [0.3, 0.4) is 0 Å². The van der Waals surface area contributed by atoms with Crippen molar-refractivity contribution < 1.29 is 0 Å². The molecule has 0 spiro atoms. The molecule has 2 saturated heterocycles. The second kappa shape index (κ2) is 7.05. The second-order valence-corrected chi connectivity index (χ2v) is 7.18. The van der Waals surface area contributed by atoms with Crippen molar-refractivity contribution in [3.63, 3.8) is 0 Å². The molecule has 2 atom stereocenters. The van der Waals surface area contributed by atoms with Crippen molar-refractivity contribution in [2.45, 2.75) is 46.1 Å². The minimum atomic E-state index is 0.724. The molecule has 2 aliphatic heterocycles. The summed E-state index contributed by atoms with van der Waals surface area (Å²) in [6, 6.07) is 0.824. The van der Waals surface area contributed by atoms with Crippen LogP contribution in [0.2, 0.25) is 0 Å². The van der Waals surface area contributed by atoms with Gasteiger partial charge in [-0.3, -0.25) is 4.90 Å². The summed E-state index contributed by atoms with van der Waals surface area (Å²) >= 11 is 0. The molecule has 2 heterocycles. The highest BCUT2D eigenvalue weighted by Crippen LogP contribution is 2.27. The normalized spacial score (nSPS) is 32.1. The summed E-state index contributed by atoms with van der Waals surface area (Å²) in [5.74, 6) is 2.35. The first-order valence-corrected chi connectivity index (χ1v) is 8.26. The minimum Gasteiger partial charge on any atom is -0.330 e. The predicted octanol–water partition coefficient (Wildman–Crippen LogP) is 2.02. The average molecular weight is 267 g/mol. The van der Waals surface area contributed by atoms with Gasteiger partial charge in [0.25, 0.3) is 0 Å². The van der Waals surface area contributed by atoms with Gasteiger partial charge in [0.15, 0.2) is 0 Å². The van der Waals surface area contributed by atoms with Gasteiger partial charge in [-0.05, 0) is 63.2 Å². The number of likely N-dealkylation sites (tertiary alicyclic amines) is 2. The van der Waals surface area contributed by atoms with Gasteiger partial charge >= 0.3 is 0 Å². The van der Waals surface area contributed by atoms with Gasteiger partial charge in [-0.2, -0.15) is 0 Å². The monoisotopic (exact) mass is 267 g/mol. The maximum absolute atomic E-state index is 5.93. The number of piperidine rings is 2. The zero-order chi connectivity index (χ0) is 13.8. The molecular weight excluding hydrogens is 234 g/mol. The molecule has 0 aromatic carbocycles. The van der Waals surface area contributed by atoms with E-state index < -0.39 is 0 Å². The molecule has 2 rings (SSSR count). The van der Waals surface area contributed by atoms with Crippen LogP contribution < -0.4 is 5.73 Å². The number of nitrogens with two attached hydrogens (primary N) is 1. The van der Waals surface area contributed by atoms with Gasteiger partial charge in [0.05, 0.1) is 0 Å². The van der Waals surface area contributed by atoms with E-state index in [1.165, 1.54) is 52.0 Å². The molecule has 0 amide bonds. The van der Waals surface area contributed by atoms with Crippen molar-refractivity contribution in [1.29, 1.82) is 0 Å². The number of rotatable bonds is 4. The van der Waals surface area contributed by atoms with Crippen LogP contribution in [0.25, 0.3) is 0 Å². The maximum atomic E-state index is 5.93. The highest BCUT2D eigenvalue weighted by molar-refractivity contribution is 4.86. The summed E-state index contributed by atoms with van der Waals surface area (Å²) in [4.78, 5) is 5.39. The Labute approximate surface area is 119 Å². The van der Waals surface area contributed by atoms with E-state index in [4.69, 9.17) is 5.73 Å². The third-order valence-corrected chi connectivity index (χ3v) is 5.15. The van der Waals surface area contributed by atoms with E-state index in [0.29, 0.717) is 0 Å². The van der Waals surface area contributed by atoms with Crippen LogP contribution in [0, 0.1) is 17.8 Å². The fourth-order valence-electron chi connectivity index (χ4n) is 3.80. The van der Waals surface area contributed by atoms with E-state index in [2.05, 4.69) is 30.6 Å². The zero-order valence-electron chi connectivity index (χ0n) is 13.1. The molecule has 2 aliphatic rings. The minimum absolute atomic E-state index is 0.724. The van der Waals surface area contributed by atoms with Crippen molar-refractivity contribution in [1.82, 2.24) is 9.80 Å². The molecule has 3 heteroatoms. The lowest BCUT2D eigenvalue weighted by molar-refractivity contribution is 0.0507. The largest absolute Gasteiger partial charge is 0.330 e. The van der Waals surface area contributed by atoms with Crippen molar-refractivity contribution in [2.75, 3.05) is 39.3 Å². The van der Waals surface area contributed by atoms with Crippen LogP contribution in [0.1, 0.15) is 40.0 Å². The lowest BCUT2D eigenvalue weighted by Crippen LogP contribution is -2.51. The summed E-state index contributed by atoms with van der Waals surface area (Å²) in [5, 5.41) is 0. The highest BCUT2D eigenvalue weighted by Gasteiger charge is 2.31. The molecule has 0 aliphatic carbocycles. The Morgan fingerprint density at radius 1 is 1.11 bits per heavy atom. The van der Waals surface area contributed by atoms with Gasteiger partial charge < -0.3 is 10.6 Å². The van der Waals surface area contributed by atoms with Crippen molar-refractivity contribution in [3.8, 4) is 0 Å². The summed E-state index contributed by atoms with van der Waals surface area (Å²) in [5.41, 5.74) is 5.93. The van der Waals surface area contributed by atoms with Crippen LogP contribution in [0.15, 0.2) is 0 Å². The Hall–Kier alpha value is -0.120. The zero-order valence-corrected chi connectivity index (χ0v) is 13.1. The molecule has 0 bridgehead atoms. The summed E-state index contributed by atoms with van der Waals surface area (Å²) < 4.78 is 0. The lowest BCUT2D eigenvalue weighted by Gasteiger charge is -2.44. The smallest absolute Gasteiger partial charge is 0.0120 e. The third kappa shape index (κ3) is 4.17. The Morgan fingerprint density at radius 2 is 1.79 bits per heavy atom. The van der Waals surface area contributed by atoms with E-state index in [1.807, 2.05) is 0 Å².